The van der Waals surface area contributed by atoms with Gasteiger partial charge in [-0.05, 0) is 24.6 Å². The van der Waals surface area contributed by atoms with E-state index < -0.39 is 23.3 Å². The van der Waals surface area contributed by atoms with Crippen molar-refractivity contribution in [3.05, 3.63) is 34.6 Å². The van der Waals surface area contributed by atoms with Gasteiger partial charge in [0.15, 0.2) is 0 Å². The summed E-state index contributed by atoms with van der Waals surface area (Å²) in [5.41, 5.74) is -0.642. The van der Waals surface area contributed by atoms with Crippen molar-refractivity contribution >= 4 is 11.9 Å². The minimum atomic E-state index is -1.48. The van der Waals surface area contributed by atoms with Crippen LogP contribution in [0.15, 0.2) is 12.1 Å². The fraction of sp³-hybridized carbons (Fsp3) is 0.111. The Morgan fingerprint density at radius 2 is 1.64 bits per heavy atom. The van der Waals surface area contributed by atoms with Gasteiger partial charge in [-0.25, -0.2) is 14.0 Å². The lowest BCUT2D eigenvalue weighted by Crippen LogP contribution is -2.07. The summed E-state index contributed by atoms with van der Waals surface area (Å²) >= 11 is 0. The van der Waals surface area contributed by atoms with Crippen molar-refractivity contribution in [3.63, 3.8) is 0 Å². The van der Waals surface area contributed by atoms with Crippen molar-refractivity contribution in [2.75, 3.05) is 0 Å². The summed E-state index contributed by atoms with van der Waals surface area (Å²) in [6.07, 6.45) is 0. The number of carboxylic acids is 2. The molecule has 0 aliphatic carbocycles. The maximum atomic E-state index is 13.0. The highest BCUT2D eigenvalue weighted by Crippen LogP contribution is 2.15. The van der Waals surface area contributed by atoms with Crippen molar-refractivity contribution in [2.24, 2.45) is 0 Å². The second kappa shape index (κ2) is 3.45. The van der Waals surface area contributed by atoms with Gasteiger partial charge in [0.2, 0.25) is 0 Å². The lowest BCUT2D eigenvalue weighted by Gasteiger charge is -2.03. The molecule has 0 aliphatic heterocycles. The van der Waals surface area contributed by atoms with Crippen molar-refractivity contribution in [1.29, 1.82) is 0 Å². The van der Waals surface area contributed by atoms with Crippen molar-refractivity contribution in [3.8, 4) is 0 Å². The number of rotatable bonds is 2. The van der Waals surface area contributed by atoms with Crippen LogP contribution in [0.1, 0.15) is 26.3 Å². The van der Waals surface area contributed by atoms with Crippen molar-refractivity contribution in [1.82, 2.24) is 0 Å². The first-order chi connectivity index (χ1) is 6.43. The van der Waals surface area contributed by atoms with Gasteiger partial charge in [0, 0.05) is 0 Å². The third-order valence-corrected chi connectivity index (χ3v) is 1.77. The number of halogens is 1. The van der Waals surface area contributed by atoms with Gasteiger partial charge in [0.05, 0.1) is 11.1 Å². The summed E-state index contributed by atoms with van der Waals surface area (Å²) in [5, 5.41) is 17.2. The normalized spacial score (nSPS) is 9.86. The molecule has 0 aliphatic rings. The Morgan fingerprint density at radius 3 is 2.07 bits per heavy atom. The summed E-state index contributed by atoms with van der Waals surface area (Å²) in [4.78, 5) is 21.1. The average Bonchev–Trinajstić information content (AvgIpc) is 2.02. The lowest BCUT2D eigenvalue weighted by molar-refractivity contribution is 0.0692. The number of hydrogen-bond acceptors (Lipinski definition) is 2. The molecule has 4 nitrogen and oxygen atoms in total. The molecule has 1 aromatic carbocycles. The van der Waals surface area contributed by atoms with E-state index >= 15 is 0 Å². The average molecular weight is 198 g/mol. The van der Waals surface area contributed by atoms with Gasteiger partial charge in [-0.2, -0.15) is 0 Å². The molecule has 0 radical (unpaired) electrons. The van der Waals surface area contributed by atoms with Gasteiger partial charge in [-0.1, -0.05) is 0 Å². The third-order valence-electron chi connectivity index (χ3n) is 1.77. The molecule has 1 aromatic rings. The lowest BCUT2D eigenvalue weighted by atomic mass is 10.0. The van der Waals surface area contributed by atoms with E-state index in [0.717, 1.165) is 12.1 Å². The Kier molecular flexibility index (Phi) is 2.51. The van der Waals surface area contributed by atoms with Crippen LogP contribution in [0.4, 0.5) is 4.39 Å². The SMILES string of the molecule is Cc1cc(F)c(C(=O)O)cc1C(=O)O. The number of benzene rings is 1. The molecular weight excluding hydrogens is 191 g/mol. The van der Waals surface area contributed by atoms with Crippen molar-refractivity contribution < 1.29 is 24.2 Å². The van der Waals surface area contributed by atoms with Gasteiger partial charge in [0.1, 0.15) is 5.82 Å². The van der Waals surface area contributed by atoms with Crippen LogP contribution >= 0.6 is 0 Å². The van der Waals surface area contributed by atoms with Crippen LogP contribution in [0.3, 0.4) is 0 Å². The van der Waals surface area contributed by atoms with E-state index in [1.165, 1.54) is 6.92 Å². The van der Waals surface area contributed by atoms with E-state index in [-0.39, 0.29) is 11.1 Å². The standard InChI is InChI=1S/C9H7FO4/c1-4-2-7(10)6(9(13)14)3-5(4)8(11)12/h2-3H,1H3,(H,11,12)(H,13,14). The van der Waals surface area contributed by atoms with Crippen LogP contribution in [0.2, 0.25) is 0 Å². The minimum Gasteiger partial charge on any atom is -0.478 e. The molecule has 0 saturated carbocycles. The van der Waals surface area contributed by atoms with Gasteiger partial charge in [-0.15, -0.1) is 0 Å². The van der Waals surface area contributed by atoms with Crippen LogP contribution in [0.5, 0.6) is 0 Å². The monoisotopic (exact) mass is 198 g/mol. The molecule has 0 heterocycles. The zero-order valence-corrected chi connectivity index (χ0v) is 7.24. The highest BCUT2D eigenvalue weighted by molar-refractivity contribution is 5.94. The molecule has 0 spiro atoms. The molecule has 0 saturated heterocycles. The number of aryl methyl sites for hydroxylation is 1. The fourth-order valence-electron chi connectivity index (χ4n) is 1.07. The van der Waals surface area contributed by atoms with E-state index in [1.54, 1.807) is 0 Å². The Bertz CT molecular complexity index is 376. The van der Waals surface area contributed by atoms with Gasteiger partial charge >= 0.3 is 11.9 Å². The van der Waals surface area contributed by atoms with E-state index in [0.29, 0.717) is 0 Å². The second-order valence-corrected chi connectivity index (χ2v) is 2.76. The highest BCUT2D eigenvalue weighted by Gasteiger charge is 2.16. The smallest absolute Gasteiger partial charge is 0.338 e. The van der Waals surface area contributed by atoms with Gasteiger partial charge in [0.25, 0.3) is 0 Å². The molecule has 0 aromatic heterocycles. The number of hydrogen-bond donors (Lipinski definition) is 2. The predicted octanol–water partition coefficient (Wildman–Crippen LogP) is 1.53. The number of aromatic carboxylic acids is 2. The maximum absolute atomic E-state index is 13.0. The molecule has 5 heteroatoms. The topological polar surface area (TPSA) is 74.6 Å². The third kappa shape index (κ3) is 1.71. The fourth-order valence-corrected chi connectivity index (χ4v) is 1.07. The predicted molar refractivity (Wildman–Crippen MR) is 45.1 cm³/mol. The highest BCUT2D eigenvalue weighted by atomic mass is 19.1. The van der Waals surface area contributed by atoms with Gasteiger partial charge < -0.3 is 10.2 Å². The largest absolute Gasteiger partial charge is 0.478 e. The minimum absolute atomic E-state index is 0.194. The van der Waals surface area contributed by atoms with Crippen LogP contribution in [0.25, 0.3) is 0 Å². The van der Waals surface area contributed by atoms with E-state index in [9.17, 15) is 14.0 Å². The first-order valence-corrected chi connectivity index (χ1v) is 3.70. The second-order valence-electron chi connectivity index (χ2n) is 2.76. The van der Waals surface area contributed by atoms with E-state index in [4.69, 9.17) is 10.2 Å². The Hall–Kier alpha value is -1.91. The Labute approximate surface area is 78.6 Å². The van der Waals surface area contributed by atoms with Crippen LogP contribution in [-0.4, -0.2) is 22.2 Å². The summed E-state index contributed by atoms with van der Waals surface area (Å²) in [7, 11) is 0. The summed E-state index contributed by atoms with van der Waals surface area (Å²) in [6.45, 7) is 1.40. The molecule has 0 fully saturated rings. The Balaban J connectivity index is 3.42. The van der Waals surface area contributed by atoms with E-state index in [2.05, 4.69) is 0 Å². The summed E-state index contributed by atoms with van der Waals surface area (Å²) < 4.78 is 13.0. The maximum Gasteiger partial charge on any atom is 0.338 e. The molecule has 0 unspecified atom stereocenters. The van der Waals surface area contributed by atoms with Gasteiger partial charge in [-0.3, -0.25) is 0 Å². The molecule has 74 valence electrons. The first kappa shape index (κ1) is 10.2. The first-order valence-electron chi connectivity index (χ1n) is 3.70. The quantitative estimate of drug-likeness (QED) is 0.755. The number of carboxylic acid groups (broad SMARTS) is 2. The van der Waals surface area contributed by atoms with Crippen LogP contribution < -0.4 is 0 Å². The number of carbonyl (C=O) groups is 2. The molecule has 0 bridgehead atoms. The summed E-state index contributed by atoms with van der Waals surface area (Å²) in [6, 6.07) is 1.71. The molecular formula is C9H7FO4. The van der Waals surface area contributed by atoms with Crippen LogP contribution in [0, 0.1) is 12.7 Å². The molecule has 1 rings (SSSR count). The van der Waals surface area contributed by atoms with Crippen molar-refractivity contribution in [2.45, 2.75) is 6.92 Å². The molecule has 2 N–H and O–H groups in total. The summed E-state index contributed by atoms with van der Waals surface area (Å²) in [5.74, 6) is -3.69. The molecule has 0 atom stereocenters. The molecule has 0 amide bonds. The van der Waals surface area contributed by atoms with E-state index in [1.807, 2.05) is 0 Å². The Morgan fingerprint density at radius 1 is 1.14 bits per heavy atom. The van der Waals surface area contributed by atoms with Crippen LogP contribution in [-0.2, 0) is 0 Å². The zero-order chi connectivity index (χ0) is 10.9. The molecule has 14 heavy (non-hydrogen) atoms. The zero-order valence-electron chi connectivity index (χ0n) is 7.24.